The average Bonchev–Trinajstić information content (AvgIpc) is 3.32. The summed E-state index contributed by atoms with van der Waals surface area (Å²) in [6.07, 6.45) is 0. The Morgan fingerprint density at radius 1 is 1.36 bits per heavy atom. The maximum Gasteiger partial charge on any atom is 0.235 e. The van der Waals surface area contributed by atoms with E-state index < -0.39 is 0 Å². The summed E-state index contributed by atoms with van der Waals surface area (Å²) in [6.45, 7) is 2.72. The van der Waals surface area contributed by atoms with E-state index >= 15 is 0 Å². The van der Waals surface area contributed by atoms with E-state index in [4.69, 9.17) is 5.26 Å². The molecule has 0 radical (unpaired) electrons. The zero-order chi connectivity index (χ0) is 20.1. The largest absolute Gasteiger partial charge is 0.378 e. The van der Waals surface area contributed by atoms with E-state index in [2.05, 4.69) is 27.6 Å². The van der Waals surface area contributed by atoms with Gasteiger partial charge in [-0.3, -0.25) is 4.79 Å². The number of nitrogens with one attached hydrogen (secondary N) is 1. The lowest BCUT2D eigenvalue weighted by atomic mass is 10.2. The minimum Gasteiger partial charge on any atom is -0.378 e. The molecule has 0 unspecified atom stereocenters. The number of rotatable bonds is 7. The van der Waals surface area contributed by atoms with Gasteiger partial charge in [-0.1, -0.05) is 23.9 Å². The molecule has 3 aromatic rings. The number of nitriles is 1. The summed E-state index contributed by atoms with van der Waals surface area (Å²) in [7, 11) is 3.99. The molecular formula is C19H20N6OS2. The molecule has 1 aromatic carbocycles. The molecule has 3 rings (SSSR count). The maximum atomic E-state index is 12.3. The Morgan fingerprint density at radius 2 is 2.18 bits per heavy atom. The molecule has 0 fully saturated rings. The minimum atomic E-state index is -0.175. The van der Waals surface area contributed by atoms with Crippen molar-refractivity contribution in [1.82, 2.24) is 14.8 Å². The van der Waals surface area contributed by atoms with Gasteiger partial charge < -0.3 is 14.8 Å². The molecule has 0 saturated carbocycles. The highest BCUT2D eigenvalue weighted by molar-refractivity contribution is 7.99. The van der Waals surface area contributed by atoms with Crippen molar-refractivity contribution >= 4 is 39.7 Å². The number of amides is 1. The van der Waals surface area contributed by atoms with Gasteiger partial charge in [-0.15, -0.1) is 21.5 Å². The van der Waals surface area contributed by atoms with Gasteiger partial charge in [0, 0.05) is 31.9 Å². The Balaban J connectivity index is 1.73. The SMILES string of the molecule is CCn1c(SCC(=O)Nc2sccc2C#N)nnc1-c1cccc(N(C)C)c1. The first-order valence-corrected chi connectivity index (χ1v) is 10.5. The van der Waals surface area contributed by atoms with Gasteiger partial charge in [-0.05, 0) is 30.5 Å². The molecule has 7 nitrogen and oxygen atoms in total. The molecule has 0 spiro atoms. The summed E-state index contributed by atoms with van der Waals surface area (Å²) in [6, 6.07) is 11.9. The van der Waals surface area contributed by atoms with Crippen molar-refractivity contribution in [3.63, 3.8) is 0 Å². The third-order valence-electron chi connectivity index (χ3n) is 4.02. The number of thioether (sulfide) groups is 1. The first kappa shape index (κ1) is 19.9. The zero-order valence-electron chi connectivity index (χ0n) is 15.8. The highest BCUT2D eigenvalue weighted by Crippen LogP contribution is 2.27. The lowest BCUT2D eigenvalue weighted by Gasteiger charge is -2.14. The molecule has 0 aliphatic rings. The van der Waals surface area contributed by atoms with Crippen molar-refractivity contribution in [2.75, 3.05) is 30.1 Å². The van der Waals surface area contributed by atoms with Gasteiger partial charge in [0.2, 0.25) is 5.91 Å². The topological polar surface area (TPSA) is 86.8 Å². The normalized spacial score (nSPS) is 10.5. The van der Waals surface area contributed by atoms with Crippen LogP contribution in [0.25, 0.3) is 11.4 Å². The summed E-state index contributed by atoms with van der Waals surface area (Å²) in [4.78, 5) is 14.3. The van der Waals surface area contributed by atoms with Crippen molar-refractivity contribution in [3.05, 3.63) is 41.3 Å². The van der Waals surface area contributed by atoms with E-state index in [9.17, 15) is 4.79 Å². The van der Waals surface area contributed by atoms with E-state index in [-0.39, 0.29) is 11.7 Å². The van der Waals surface area contributed by atoms with Crippen LogP contribution < -0.4 is 10.2 Å². The van der Waals surface area contributed by atoms with E-state index in [0.717, 1.165) is 17.1 Å². The van der Waals surface area contributed by atoms with Crippen LogP contribution in [0, 0.1) is 11.3 Å². The highest BCUT2D eigenvalue weighted by Gasteiger charge is 2.16. The molecule has 9 heteroatoms. The van der Waals surface area contributed by atoms with Gasteiger partial charge >= 0.3 is 0 Å². The number of benzene rings is 1. The predicted octanol–water partition coefficient (Wildman–Crippen LogP) is 3.69. The molecule has 0 bridgehead atoms. The third kappa shape index (κ3) is 4.35. The van der Waals surface area contributed by atoms with E-state index in [0.29, 0.717) is 22.3 Å². The summed E-state index contributed by atoms with van der Waals surface area (Å²) in [5, 5.41) is 23.5. The maximum absolute atomic E-state index is 12.3. The van der Waals surface area contributed by atoms with Gasteiger partial charge in [0.25, 0.3) is 0 Å². The Kier molecular flexibility index (Phi) is 6.34. The van der Waals surface area contributed by atoms with E-state index in [1.54, 1.807) is 11.4 Å². The van der Waals surface area contributed by atoms with Gasteiger partial charge in [0.05, 0.1) is 11.3 Å². The molecule has 144 valence electrons. The second kappa shape index (κ2) is 8.91. The molecule has 0 aliphatic heterocycles. The number of nitrogens with zero attached hydrogens (tertiary/aromatic N) is 5. The number of aromatic nitrogens is 3. The molecular weight excluding hydrogens is 392 g/mol. The molecule has 1 amide bonds. The van der Waals surface area contributed by atoms with Crippen molar-refractivity contribution < 1.29 is 4.79 Å². The molecule has 2 aromatic heterocycles. The number of thiophene rings is 1. The van der Waals surface area contributed by atoms with Crippen molar-refractivity contribution in [3.8, 4) is 17.5 Å². The Morgan fingerprint density at radius 3 is 2.89 bits per heavy atom. The van der Waals surface area contributed by atoms with Crippen LogP contribution in [0.2, 0.25) is 0 Å². The van der Waals surface area contributed by atoms with Crippen LogP contribution in [0.15, 0.2) is 40.9 Å². The van der Waals surface area contributed by atoms with Gasteiger partial charge in [-0.2, -0.15) is 5.26 Å². The van der Waals surface area contributed by atoms with Gasteiger partial charge in [0.15, 0.2) is 11.0 Å². The Hall–Kier alpha value is -2.83. The number of carbonyl (C=O) groups is 1. The van der Waals surface area contributed by atoms with Crippen molar-refractivity contribution in [2.45, 2.75) is 18.6 Å². The van der Waals surface area contributed by atoms with Crippen LogP contribution >= 0.6 is 23.1 Å². The molecule has 1 N–H and O–H groups in total. The second-order valence-corrected chi connectivity index (χ2v) is 7.97. The fraction of sp³-hybridized carbons (Fsp3) is 0.263. The Labute approximate surface area is 172 Å². The molecule has 0 saturated heterocycles. The lowest BCUT2D eigenvalue weighted by molar-refractivity contribution is -0.113. The quantitative estimate of drug-likeness (QED) is 0.596. The number of hydrogen-bond acceptors (Lipinski definition) is 7. The number of anilines is 2. The summed E-state index contributed by atoms with van der Waals surface area (Å²) < 4.78 is 2.00. The van der Waals surface area contributed by atoms with Crippen molar-refractivity contribution in [2.24, 2.45) is 0 Å². The number of hydrogen-bond donors (Lipinski definition) is 1. The van der Waals surface area contributed by atoms with Crippen LogP contribution in [0.3, 0.4) is 0 Å². The summed E-state index contributed by atoms with van der Waals surface area (Å²) in [5.74, 6) is 0.795. The average molecular weight is 413 g/mol. The Bertz CT molecular complexity index is 1020. The van der Waals surface area contributed by atoms with Crippen LogP contribution in [0.1, 0.15) is 12.5 Å². The molecule has 0 atom stereocenters. The van der Waals surface area contributed by atoms with Crippen molar-refractivity contribution in [1.29, 1.82) is 5.26 Å². The standard InChI is InChI=1S/C19H20N6OS2/c1-4-25-17(13-6-5-7-15(10-13)24(2)3)22-23-19(25)28-12-16(26)21-18-14(11-20)8-9-27-18/h5-10H,4,12H2,1-3H3,(H,21,26). The molecule has 28 heavy (non-hydrogen) atoms. The summed E-state index contributed by atoms with van der Waals surface area (Å²) >= 11 is 2.67. The van der Waals surface area contributed by atoms with Crippen LogP contribution in [0.5, 0.6) is 0 Å². The number of carbonyl (C=O) groups excluding carboxylic acids is 1. The first-order chi connectivity index (χ1) is 13.5. The van der Waals surface area contributed by atoms with E-state index in [1.807, 2.05) is 48.7 Å². The zero-order valence-corrected chi connectivity index (χ0v) is 17.5. The predicted molar refractivity (Wildman–Crippen MR) is 114 cm³/mol. The van der Waals surface area contributed by atoms with Gasteiger partial charge in [0.1, 0.15) is 11.1 Å². The fourth-order valence-corrected chi connectivity index (χ4v) is 4.16. The smallest absolute Gasteiger partial charge is 0.235 e. The van der Waals surface area contributed by atoms with E-state index in [1.165, 1.54) is 23.1 Å². The third-order valence-corrected chi connectivity index (χ3v) is 5.82. The summed E-state index contributed by atoms with van der Waals surface area (Å²) in [5.41, 5.74) is 2.54. The second-order valence-electron chi connectivity index (χ2n) is 6.11. The highest BCUT2D eigenvalue weighted by atomic mass is 32.2. The minimum absolute atomic E-state index is 0.175. The van der Waals surface area contributed by atoms with Crippen LogP contribution in [-0.2, 0) is 11.3 Å². The lowest BCUT2D eigenvalue weighted by Crippen LogP contribution is -2.14. The fourth-order valence-electron chi connectivity index (χ4n) is 2.60. The molecule has 2 heterocycles. The monoisotopic (exact) mass is 412 g/mol. The van der Waals surface area contributed by atoms with Gasteiger partial charge in [-0.25, -0.2) is 0 Å². The van der Waals surface area contributed by atoms with Crippen LogP contribution in [0.4, 0.5) is 10.7 Å². The molecule has 0 aliphatic carbocycles. The first-order valence-electron chi connectivity index (χ1n) is 8.64. The van der Waals surface area contributed by atoms with Crippen LogP contribution in [-0.4, -0.2) is 40.5 Å².